The van der Waals surface area contributed by atoms with E-state index in [1.807, 2.05) is 4.90 Å². The third-order valence-electron chi connectivity index (χ3n) is 4.58. The number of amides is 1. The van der Waals surface area contributed by atoms with Crippen molar-refractivity contribution in [2.24, 2.45) is 11.3 Å². The minimum absolute atomic E-state index is 0.0820. The summed E-state index contributed by atoms with van der Waals surface area (Å²) < 4.78 is 25.9. The average Bonchev–Trinajstić information content (AvgIpc) is 2.90. The van der Waals surface area contributed by atoms with Crippen LogP contribution in [0.5, 0.6) is 0 Å². The summed E-state index contributed by atoms with van der Waals surface area (Å²) in [4.78, 5) is 13.5. The van der Waals surface area contributed by atoms with Crippen molar-refractivity contribution in [3.63, 3.8) is 0 Å². The molecule has 26 heavy (non-hydrogen) atoms. The summed E-state index contributed by atoms with van der Waals surface area (Å²) in [5.74, 6) is -0.0393. The molecular weight excluding hydrogens is 351 g/mol. The largest absolute Gasteiger partial charge is 0.450 e. The Morgan fingerprint density at radius 3 is 2.62 bits per heavy atom. The number of ether oxygens (including phenoxy) is 1. The molecular formula is C19H30FN2O3Si. The lowest BCUT2D eigenvalue weighted by atomic mass is 9.79. The second-order valence-electron chi connectivity index (χ2n) is 7.88. The molecule has 0 bridgehead atoms. The van der Waals surface area contributed by atoms with Gasteiger partial charge in [-0.05, 0) is 50.1 Å². The molecule has 0 spiro atoms. The van der Waals surface area contributed by atoms with Crippen LogP contribution in [-0.4, -0.2) is 34.5 Å². The van der Waals surface area contributed by atoms with Crippen molar-refractivity contribution in [2.75, 3.05) is 23.4 Å². The maximum Gasteiger partial charge on any atom is 0.411 e. The topological polar surface area (TPSA) is 50.8 Å². The Labute approximate surface area is 157 Å². The number of hydrogen-bond acceptors (Lipinski definition) is 4. The van der Waals surface area contributed by atoms with Gasteiger partial charge in [-0.15, -0.1) is 0 Å². The van der Waals surface area contributed by atoms with Gasteiger partial charge in [-0.3, -0.25) is 5.32 Å². The van der Waals surface area contributed by atoms with E-state index in [9.17, 15) is 9.18 Å². The summed E-state index contributed by atoms with van der Waals surface area (Å²) in [6, 6.07) is 4.73. The van der Waals surface area contributed by atoms with Crippen molar-refractivity contribution >= 4 is 26.5 Å². The maximum atomic E-state index is 14.8. The van der Waals surface area contributed by atoms with Gasteiger partial charge in [0.05, 0.1) is 12.3 Å². The van der Waals surface area contributed by atoms with Gasteiger partial charge in [-0.2, -0.15) is 0 Å². The van der Waals surface area contributed by atoms with Gasteiger partial charge in [-0.25, -0.2) is 9.18 Å². The molecule has 0 aromatic heterocycles. The van der Waals surface area contributed by atoms with E-state index < -0.39 is 15.1 Å². The second-order valence-corrected chi connectivity index (χ2v) is 9.94. The lowest BCUT2D eigenvalue weighted by molar-refractivity contribution is 0.0884. The summed E-state index contributed by atoms with van der Waals surface area (Å²) >= 11 is 0. The fourth-order valence-electron chi connectivity index (χ4n) is 3.37. The molecule has 1 fully saturated rings. The van der Waals surface area contributed by atoms with Gasteiger partial charge in [0.2, 0.25) is 9.04 Å². The molecule has 1 N–H and O–H groups in total. The normalized spacial score (nSPS) is 20.5. The van der Waals surface area contributed by atoms with Gasteiger partial charge < -0.3 is 14.1 Å². The highest BCUT2D eigenvalue weighted by Crippen LogP contribution is 2.42. The van der Waals surface area contributed by atoms with Crippen LogP contribution in [-0.2, 0) is 9.16 Å². The van der Waals surface area contributed by atoms with Crippen LogP contribution in [0.1, 0.15) is 34.1 Å². The van der Waals surface area contributed by atoms with Crippen LogP contribution in [0.25, 0.3) is 0 Å². The molecule has 1 amide bonds. The van der Waals surface area contributed by atoms with Crippen LogP contribution in [0.2, 0.25) is 13.1 Å². The number of nitrogens with one attached hydrogen (secondary N) is 1. The highest BCUT2D eigenvalue weighted by molar-refractivity contribution is 6.48. The van der Waals surface area contributed by atoms with Gasteiger partial charge in [0, 0.05) is 18.2 Å². The van der Waals surface area contributed by atoms with Crippen molar-refractivity contribution in [1.29, 1.82) is 0 Å². The standard InChI is InChI=1S/C19H30FN2O3Si/c1-7-24-18(23)21-13-8-9-16(15(20)12-13)22-11-10-14(19(2,3)4)17(22)25-26(5)6/h8-9,12,14,17H,7,10-11H2,1-6H3,(H,21,23)/t14-,17?/m0/s1. The quantitative estimate of drug-likeness (QED) is 0.740. The third kappa shape index (κ3) is 4.98. The number of anilines is 2. The van der Waals surface area contributed by atoms with Crippen LogP contribution in [0.15, 0.2) is 18.2 Å². The number of carbonyl (C=O) groups is 1. The van der Waals surface area contributed by atoms with Gasteiger partial charge in [0.25, 0.3) is 0 Å². The number of carbonyl (C=O) groups excluding carboxylic acids is 1. The maximum absolute atomic E-state index is 14.8. The van der Waals surface area contributed by atoms with E-state index in [1.54, 1.807) is 19.1 Å². The molecule has 1 radical (unpaired) electrons. The highest BCUT2D eigenvalue weighted by atomic mass is 28.3. The first-order valence-corrected chi connectivity index (χ1v) is 11.5. The van der Waals surface area contributed by atoms with Crippen molar-refractivity contribution < 1.29 is 18.3 Å². The molecule has 0 aliphatic carbocycles. The minimum atomic E-state index is -0.929. The summed E-state index contributed by atoms with van der Waals surface area (Å²) in [5, 5.41) is 2.53. The first kappa shape index (κ1) is 20.7. The Morgan fingerprint density at radius 1 is 1.38 bits per heavy atom. The minimum Gasteiger partial charge on any atom is -0.450 e. The van der Waals surface area contributed by atoms with Crippen molar-refractivity contribution in [3.8, 4) is 0 Å². The molecule has 0 saturated carbocycles. The lowest BCUT2D eigenvalue weighted by Crippen LogP contribution is -2.42. The van der Waals surface area contributed by atoms with Crippen molar-refractivity contribution in [1.82, 2.24) is 0 Å². The predicted octanol–water partition coefficient (Wildman–Crippen LogP) is 4.86. The number of rotatable bonds is 5. The Hall–Kier alpha value is -1.60. The van der Waals surface area contributed by atoms with Crippen LogP contribution < -0.4 is 10.2 Å². The van der Waals surface area contributed by atoms with Gasteiger partial charge in [0.15, 0.2) is 0 Å². The fourth-order valence-corrected chi connectivity index (χ4v) is 4.15. The number of halogens is 1. The highest BCUT2D eigenvalue weighted by Gasteiger charge is 2.42. The van der Waals surface area contributed by atoms with E-state index in [-0.39, 0.29) is 24.1 Å². The summed E-state index contributed by atoms with van der Waals surface area (Å²) in [6.45, 7) is 13.6. The molecule has 2 atom stereocenters. The molecule has 1 aliphatic rings. The Bertz CT molecular complexity index is 634. The van der Waals surface area contributed by atoms with Gasteiger partial charge in [0.1, 0.15) is 12.0 Å². The number of hydrogen-bond donors (Lipinski definition) is 1. The van der Waals surface area contributed by atoms with Gasteiger partial charge >= 0.3 is 6.09 Å². The molecule has 2 rings (SSSR count). The van der Waals surface area contributed by atoms with E-state index in [1.165, 1.54) is 6.07 Å². The van der Waals surface area contributed by atoms with Crippen molar-refractivity contribution in [2.45, 2.75) is 53.4 Å². The van der Waals surface area contributed by atoms with Crippen LogP contribution in [0, 0.1) is 17.2 Å². The molecule has 145 valence electrons. The van der Waals surface area contributed by atoms with Crippen LogP contribution in [0.3, 0.4) is 0 Å². The second kappa shape index (κ2) is 8.39. The van der Waals surface area contributed by atoms with E-state index in [2.05, 4.69) is 39.2 Å². The monoisotopic (exact) mass is 381 g/mol. The molecule has 5 nitrogen and oxygen atoms in total. The third-order valence-corrected chi connectivity index (χ3v) is 5.29. The summed E-state index contributed by atoms with van der Waals surface area (Å²) in [5.41, 5.74) is 0.974. The van der Waals surface area contributed by atoms with Crippen molar-refractivity contribution in [3.05, 3.63) is 24.0 Å². The molecule has 1 aliphatic heterocycles. The zero-order chi connectivity index (χ0) is 19.5. The number of nitrogens with zero attached hydrogens (tertiary/aromatic N) is 1. The zero-order valence-corrected chi connectivity index (χ0v) is 17.6. The van der Waals surface area contributed by atoms with Crippen LogP contribution >= 0.6 is 0 Å². The number of benzene rings is 1. The molecule has 7 heteroatoms. The Morgan fingerprint density at radius 2 is 2.08 bits per heavy atom. The molecule has 1 aromatic carbocycles. The zero-order valence-electron chi connectivity index (χ0n) is 16.6. The summed E-state index contributed by atoms with van der Waals surface area (Å²) in [7, 11) is -0.929. The van der Waals surface area contributed by atoms with E-state index in [0.717, 1.165) is 13.0 Å². The lowest BCUT2D eigenvalue weighted by Gasteiger charge is -2.37. The van der Waals surface area contributed by atoms with E-state index in [4.69, 9.17) is 9.16 Å². The van der Waals surface area contributed by atoms with Gasteiger partial charge in [-0.1, -0.05) is 20.8 Å². The van der Waals surface area contributed by atoms with E-state index >= 15 is 0 Å². The van der Waals surface area contributed by atoms with Crippen LogP contribution in [0.4, 0.5) is 20.6 Å². The first-order valence-electron chi connectivity index (χ1n) is 9.10. The molecule has 1 aromatic rings. The average molecular weight is 382 g/mol. The fraction of sp³-hybridized carbons (Fsp3) is 0.632. The summed E-state index contributed by atoms with van der Waals surface area (Å²) in [6.07, 6.45) is 0.252. The smallest absolute Gasteiger partial charge is 0.411 e. The SMILES string of the molecule is CCOC(=O)Nc1ccc(N2CC[C@H](C(C)(C)C)C2O[Si](C)C)c(F)c1. The first-order chi connectivity index (χ1) is 12.1. The molecule has 1 saturated heterocycles. The van der Waals surface area contributed by atoms with E-state index in [0.29, 0.717) is 17.3 Å². The Kier molecular flexibility index (Phi) is 6.68. The molecule has 1 heterocycles. The Balaban J connectivity index is 2.24. The predicted molar refractivity (Wildman–Crippen MR) is 104 cm³/mol. The molecule has 1 unspecified atom stereocenters.